The minimum atomic E-state index is -1.25. The summed E-state index contributed by atoms with van der Waals surface area (Å²) in [4.78, 5) is 23.4. The molecule has 5 nitrogen and oxygen atoms in total. The zero-order valence-corrected chi connectivity index (χ0v) is 13.0. The van der Waals surface area contributed by atoms with Crippen molar-refractivity contribution in [3.63, 3.8) is 0 Å². The molecule has 1 aromatic carbocycles. The molecule has 106 valence electrons. The summed E-state index contributed by atoms with van der Waals surface area (Å²) in [7, 11) is 0. The fourth-order valence-electron chi connectivity index (χ4n) is 1.53. The Hall–Kier alpha value is -1.53. The molecule has 1 fully saturated rings. The molecule has 0 radical (unpaired) electrons. The maximum absolute atomic E-state index is 11.7. The lowest BCUT2D eigenvalue weighted by Gasteiger charge is -2.29. The van der Waals surface area contributed by atoms with Gasteiger partial charge in [0.15, 0.2) is 5.57 Å². The molecule has 0 aromatic heterocycles. The summed E-state index contributed by atoms with van der Waals surface area (Å²) < 4.78 is 10.7. The zero-order chi connectivity index (χ0) is 14.9. The van der Waals surface area contributed by atoms with Crippen LogP contribution in [0.5, 0.6) is 0 Å². The van der Waals surface area contributed by atoms with Crippen LogP contribution in [0, 0.1) is 0 Å². The van der Waals surface area contributed by atoms with Crippen molar-refractivity contribution in [3.05, 3.63) is 39.5 Å². The normalized spacial score (nSPS) is 17.3. The van der Waals surface area contributed by atoms with Gasteiger partial charge in [-0.2, -0.15) is 0 Å². The summed E-state index contributed by atoms with van der Waals surface area (Å²) in [5.41, 5.74) is 0.330. The van der Waals surface area contributed by atoms with E-state index in [0.29, 0.717) is 10.7 Å². The van der Waals surface area contributed by atoms with Crippen molar-refractivity contribution >= 4 is 45.2 Å². The molecule has 1 N–H and O–H groups in total. The molecule has 0 bridgehead atoms. The second-order valence-corrected chi connectivity index (χ2v) is 5.83. The number of cyclic esters (lactones) is 2. The SMILES string of the molecule is CC1(C)OC(=O)C(=CNc2ccc(Br)cc2Cl)C(=O)O1. The van der Waals surface area contributed by atoms with Crippen molar-refractivity contribution in [3.8, 4) is 0 Å². The van der Waals surface area contributed by atoms with Crippen molar-refractivity contribution in [1.29, 1.82) is 0 Å². The van der Waals surface area contributed by atoms with E-state index in [2.05, 4.69) is 21.2 Å². The summed E-state index contributed by atoms with van der Waals surface area (Å²) >= 11 is 9.29. The van der Waals surface area contributed by atoms with Gasteiger partial charge in [0.05, 0.1) is 10.7 Å². The van der Waals surface area contributed by atoms with Gasteiger partial charge in [-0.25, -0.2) is 9.59 Å². The van der Waals surface area contributed by atoms with Gasteiger partial charge in [-0.05, 0) is 18.2 Å². The molecule has 0 atom stereocenters. The number of nitrogens with one attached hydrogen (secondary N) is 1. The van der Waals surface area contributed by atoms with Gasteiger partial charge in [-0.1, -0.05) is 27.5 Å². The molecule has 1 aliphatic rings. The van der Waals surface area contributed by atoms with E-state index in [0.717, 1.165) is 4.47 Å². The fraction of sp³-hybridized carbons (Fsp3) is 0.231. The van der Waals surface area contributed by atoms with Gasteiger partial charge < -0.3 is 14.8 Å². The van der Waals surface area contributed by atoms with Crippen molar-refractivity contribution in [2.45, 2.75) is 19.6 Å². The van der Waals surface area contributed by atoms with Crippen LogP contribution < -0.4 is 5.32 Å². The van der Waals surface area contributed by atoms with E-state index in [9.17, 15) is 9.59 Å². The number of esters is 2. The van der Waals surface area contributed by atoms with E-state index in [1.165, 1.54) is 20.0 Å². The third-order valence-electron chi connectivity index (χ3n) is 2.42. The highest BCUT2D eigenvalue weighted by atomic mass is 79.9. The first-order valence-corrected chi connectivity index (χ1v) is 6.84. The second-order valence-electron chi connectivity index (χ2n) is 4.51. The molecule has 1 heterocycles. The number of carbonyl (C=O) groups excluding carboxylic acids is 2. The first-order valence-electron chi connectivity index (χ1n) is 5.67. The molecule has 0 aliphatic carbocycles. The predicted molar refractivity (Wildman–Crippen MR) is 77.1 cm³/mol. The highest BCUT2D eigenvalue weighted by Gasteiger charge is 2.38. The monoisotopic (exact) mass is 359 g/mol. The Bertz CT molecular complexity index is 590. The number of halogens is 2. The zero-order valence-electron chi connectivity index (χ0n) is 10.7. The molecule has 2 rings (SSSR count). The lowest BCUT2D eigenvalue weighted by molar-refractivity contribution is -0.222. The highest BCUT2D eigenvalue weighted by molar-refractivity contribution is 9.10. The molecular weight excluding hydrogens is 350 g/mol. The van der Waals surface area contributed by atoms with Crippen LogP contribution in [0.25, 0.3) is 0 Å². The summed E-state index contributed by atoms with van der Waals surface area (Å²) in [6.45, 7) is 2.97. The van der Waals surface area contributed by atoms with Crippen LogP contribution in [0.2, 0.25) is 5.02 Å². The number of benzene rings is 1. The topological polar surface area (TPSA) is 64.6 Å². The van der Waals surface area contributed by atoms with E-state index in [-0.39, 0.29) is 5.57 Å². The molecule has 0 unspecified atom stereocenters. The average molecular weight is 361 g/mol. The van der Waals surface area contributed by atoms with Crippen LogP contribution in [-0.2, 0) is 19.1 Å². The van der Waals surface area contributed by atoms with Crippen molar-refractivity contribution in [2.24, 2.45) is 0 Å². The van der Waals surface area contributed by atoms with E-state index in [4.69, 9.17) is 21.1 Å². The second kappa shape index (κ2) is 5.46. The van der Waals surface area contributed by atoms with Crippen LogP contribution in [0.3, 0.4) is 0 Å². The molecule has 1 saturated heterocycles. The number of hydrogen-bond donors (Lipinski definition) is 1. The van der Waals surface area contributed by atoms with Crippen LogP contribution in [0.15, 0.2) is 34.4 Å². The Morgan fingerprint density at radius 3 is 2.40 bits per heavy atom. The summed E-state index contributed by atoms with van der Waals surface area (Å²) in [5.74, 6) is -2.74. The fourth-order valence-corrected chi connectivity index (χ4v) is 2.26. The van der Waals surface area contributed by atoms with E-state index in [1.54, 1.807) is 18.2 Å². The van der Waals surface area contributed by atoms with Crippen LogP contribution in [0.1, 0.15) is 13.8 Å². The number of rotatable bonds is 2. The van der Waals surface area contributed by atoms with Crippen molar-refractivity contribution in [2.75, 3.05) is 5.32 Å². The lowest BCUT2D eigenvalue weighted by atomic mass is 10.2. The van der Waals surface area contributed by atoms with Crippen molar-refractivity contribution < 1.29 is 19.1 Å². The molecule has 0 saturated carbocycles. The highest BCUT2D eigenvalue weighted by Crippen LogP contribution is 2.27. The van der Waals surface area contributed by atoms with Gasteiger partial charge in [-0.15, -0.1) is 0 Å². The first-order chi connectivity index (χ1) is 9.28. The Labute approximate surface area is 129 Å². The van der Waals surface area contributed by atoms with Gasteiger partial charge in [0.2, 0.25) is 0 Å². The number of ether oxygens (including phenoxy) is 2. The van der Waals surface area contributed by atoms with Gasteiger partial charge in [0.25, 0.3) is 5.79 Å². The minimum absolute atomic E-state index is 0.219. The van der Waals surface area contributed by atoms with Gasteiger partial charge in [0.1, 0.15) is 0 Å². The molecule has 1 aromatic rings. The number of anilines is 1. The van der Waals surface area contributed by atoms with Crippen LogP contribution in [-0.4, -0.2) is 17.7 Å². The van der Waals surface area contributed by atoms with Gasteiger partial charge in [-0.3, -0.25) is 0 Å². The Morgan fingerprint density at radius 1 is 1.25 bits per heavy atom. The maximum atomic E-state index is 11.7. The molecule has 20 heavy (non-hydrogen) atoms. The smallest absolute Gasteiger partial charge is 0.350 e. The largest absolute Gasteiger partial charge is 0.419 e. The first kappa shape index (κ1) is 14.9. The minimum Gasteiger partial charge on any atom is -0.419 e. The molecule has 7 heteroatoms. The number of hydrogen-bond acceptors (Lipinski definition) is 5. The van der Waals surface area contributed by atoms with Crippen molar-refractivity contribution in [1.82, 2.24) is 0 Å². The molecule has 1 aliphatic heterocycles. The lowest BCUT2D eigenvalue weighted by Crippen LogP contribution is -2.42. The summed E-state index contributed by atoms with van der Waals surface area (Å²) in [6, 6.07) is 5.16. The van der Waals surface area contributed by atoms with E-state index >= 15 is 0 Å². The van der Waals surface area contributed by atoms with Gasteiger partial charge >= 0.3 is 11.9 Å². The maximum Gasteiger partial charge on any atom is 0.350 e. The summed E-state index contributed by atoms with van der Waals surface area (Å²) in [6.07, 6.45) is 1.22. The Kier molecular flexibility index (Phi) is 4.06. The third-order valence-corrected chi connectivity index (χ3v) is 3.23. The van der Waals surface area contributed by atoms with E-state index in [1.807, 2.05) is 0 Å². The quantitative estimate of drug-likeness (QED) is 0.498. The predicted octanol–water partition coefficient (Wildman–Crippen LogP) is 3.23. The number of carbonyl (C=O) groups is 2. The standard InChI is InChI=1S/C13H11BrClNO4/c1-13(2)19-11(17)8(12(18)20-13)6-16-10-4-3-7(14)5-9(10)15/h3-6,16H,1-2H3. The van der Waals surface area contributed by atoms with Gasteiger partial charge in [0, 0.05) is 24.5 Å². The Morgan fingerprint density at radius 2 is 1.85 bits per heavy atom. The molecule has 0 spiro atoms. The van der Waals surface area contributed by atoms with Crippen LogP contribution >= 0.6 is 27.5 Å². The third kappa shape index (κ3) is 3.32. The molecular formula is C13H11BrClNO4. The average Bonchev–Trinajstić information content (AvgIpc) is 2.28. The molecule has 0 amide bonds. The van der Waals surface area contributed by atoms with E-state index < -0.39 is 17.7 Å². The Balaban J connectivity index is 2.19. The van der Waals surface area contributed by atoms with Crippen LogP contribution in [0.4, 0.5) is 5.69 Å². The summed E-state index contributed by atoms with van der Waals surface area (Å²) in [5, 5.41) is 3.22.